The summed E-state index contributed by atoms with van der Waals surface area (Å²) in [6.07, 6.45) is 4.96. The number of carbonyl (C=O) groups is 1. The van der Waals surface area contributed by atoms with Gasteiger partial charge in [0, 0.05) is 11.6 Å². The number of nitrogens with one attached hydrogen (secondary N) is 1. The first-order valence-electron chi connectivity index (χ1n) is 8.62. The highest BCUT2D eigenvalue weighted by atomic mass is 19.1. The second-order valence-electron chi connectivity index (χ2n) is 6.56. The molecule has 1 fully saturated rings. The molecule has 3 N–H and O–H groups in total. The molecule has 8 heteroatoms. The van der Waals surface area contributed by atoms with Crippen LogP contribution in [0.25, 0.3) is 22.6 Å². The standard InChI is InChI=1S/C18H18FN5O2/c19-11-6-4-5-10(9-11)16-21-13(15(20)25)14-17(23-16)24(18(26)22-14)12-7-2-1-3-8-12/h4-6,9,12H,1-3,7-8H2,(H2,20,25)(H,22,26). The zero-order valence-electron chi connectivity index (χ0n) is 14.0. The van der Waals surface area contributed by atoms with Crippen molar-refractivity contribution < 1.29 is 9.18 Å². The van der Waals surface area contributed by atoms with Crippen LogP contribution in [0, 0.1) is 5.82 Å². The maximum absolute atomic E-state index is 13.6. The van der Waals surface area contributed by atoms with Gasteiger partial charge in [-0.3, -0.25) is 9.36 Å². The summed E-state index contributed by atoms with van der Waals surface area (Å²) < 4.78 is 15.2. The number of rotatable bonds is 3. The average molecular weight is 355 g/mol. The van der Waals surface area contributed by atoms with E-state index in [1.807, 2.05) is 0 Å². The Morgan fingerprint density at radius 2 is 2.00 bits per heavy atom. The predicted molar refractivity (Wildman–Crippen MR) is 94.2 cm³/mol. The molecule has 26 heavy (non-hydrogen) atoms. The molecule has 4 rings (SSSR count). The van der Waals surface area contributed by atoms with Crippen LogP contribution in [0.3, 0.4) is 0 Å². The highest BCUT2D eigenvalue weighted by Gasteiger charge is 2.24. The van der Waals surface area contributed by atoms with Crippen molar-refractivity contribution in [3.63, 3.8) is 0 Å². The molecular formula is C18H18FN5O2. The molecular weight excluding hydrogens is 337 g/mol. The number of imidazole rings is 1. The number of aromatic amines is 1. The fraction of sp³-hybridized carbons (Fsp3) is 0.333. The molecule has 0 saturated heterocycles. The number of hydrogen-bond donors (Lipinski definition) is 2. The van der Waals surface area contributed by atoms with Crippen LogP contribution >= 0.6 is 0 Å². The van der Waals surface area contributed by atoms with E-state index in [9.17, 15) is 14.0 Å². The van der Waals surface area contributed by atoms with E-state index in [1.165, 1.54) is 18.2 Å². The largest absolute Gasteiger partial charge is 0.364 e. The van der Waals surface area contributed by atoms with Crippen molar-refractivity contribution in [3.05, 3.63) is 46.3 Å². The number of primary amides is 1. The first-order valence-corrected chi connectivity index (χ1v) is 8.62. The van der Waals surface area contributed by atoms with Gasteiger partial charge < -0.3 is 10.7 Å². The van der Waals surface area contributed by atoms with E-state index in [4.69, 9.17) is 5.73 Å². The van der Waals surface area contributed by atoms with E-state index >= 15 is 0 Å². The summed E-state index contributed by atoms with van der Waals surface area (Å²) in [6.45, 7) is 0. The molecule has 0 aliphatic heterocycles. The van der Waals surface area contributed by atoms with Crippen molar-refractivity contribution >= 4 is 17.1 Å². The van der Waals surface area contributed by atoms with Gasteiger partial charge in [0.1, 0.15) is 11.3 Å². The summed E-state index contributed by atoms with van der Waals surface area (Å²) in [4.78, 5) is 35.8. The van der Waals surface area contributed by atoms with Gasteiger partial charge in [-0.15, -0.1) is 0 Å². The summed E-state index contributed by atoms with van der Waals surface area (Å²) in [5.41, 5.74) is 6.04. The minimum Gasteiger partial charge on any atom is -0.364 e. The number of halogens is 1. The van der Waals surface area contributed by atoms with Crippen molar-refractivity contribution in [1.82, 2.24) is 19.5 Å². The Labute approximate surface area is 148 Å². The third-order valence-electron chi connectivity index (χ3n) is 4.82. The monoisotopic (exact) mass is 355 g/mol. The number of H-pyrrole nitrogens is 1. The van der Waals surface area contributed by atoms with Crippen LogP contribution in [-0.2, 0) is 0 Å². The van der Waals surface area contributed by atoms with Gasteiger partial charge in [0.25, 0.3) is 5.91 Å². The molecule has 2 heterocycles. The normalized spacial score (nSPS) is 15.4. The van der Waals surface area contributed by atoms with Crippen molar-refractivity contribution in [3.8, 4) is 11.4 Å². The van der Waals surface area contributed by atoms with Crippen LogP contribution in [0.1, 0.15) is 48.6 Å². The molecule has 3 aromatic rings. The van der Waals surface area contributed by atoms with E-state index in [1.54, 1.807) is 10.6 Å². The molecule has 0 atom stereocenters. The number of nitrogens with two attached hydrogens (primary N) is 1. The van der Waals surface area contributed by atoms with Crippen LogP contribution in [0.4, 0.5) is 4.39 Å². The van der Waals surface area contributed by atoms with Crippen LogP contribution < -0.4 is 11.4 Å². The van der Waals surface area contributed by atoms with Gasteiger partial charge in [-0.25, -0.2) is 19.2 Å². The Morgan fingerprint density at radius 1 is 1.23 bits per heavy atom. The van der Waals surface area contributed by atoms with E-state index in [0.29, 0.717) is 11.2 Å². The minimum atomic E-state index is -0.771. The number of aromatic nitrogens is 4. The van der Waals surface area contributed by atoms with Gasteiger partial charge in [0.05, 0.1) is 0 Å². The lowest BCUT2D eigenvalue weighted by molar-refractivity contribution is 0.0997. The third kappa shape index (κ3) is 2.77. The molecule has 1 aromatic carbocycles. The zero-order valence-corrected chi connectivity index (χ0v) is 14.0. The average Bonchev–Trinajstić information content (AvgIpc) is 2.97. The molecule has 0 spiro atoms. The fourth-order valence-electron chi connectivity index (χ4n) is 3.61. The maximum atomic E-state index is 13.6. The summed E-state index contributed by atoms with van der Waals surface area (Å²) >= 11 is 0. The summed E-state index contributed by atoms with van der Waals surface area (Å²) in [7, 11) is 0. The molecule has 1 amide bonds. The lowest BCUT2D eigenvalue weighted by atomic mass is 9.95. The first-order chi connectivity index (χ1) is 12.5. The lowest BCUT2D eigenvalue weighted by Gasteiger charge is -2.22. The van der Waals surface area contributed by atoms with Crippen LogP contribution in [0.2, 0.25) is 0 Å². The second-order valence-corrected chi connectivity index (χ2v) is 6.56. The second kappa shape index (κ2) is 6.36. The molecule has 0 radical (unpaired) electrons. The predicted octanol–water partition coefficient (Wildman–Crippen LogP) is 2.53. The summed E-state index contributed by atoms with van der Waals surface area (Å²) in [6, 6.07) is 5.78. The highest BCUT2D eigenvalue weighted by molar-refractivity contribution is 6.01. The zero-order chi connectivity index (χ0) is 18.3. The van der Waals surface area contributed by atoms with Gasteiger partial charge in [0.15, 0.2) is 17.2 Å². The topological polar surface area (TPSA) is 107 Å². The molecule has 1 saturated carbocycles. The van der Waals surface area contributed by atoms with Gasteiger partial charge in [0.2, 0.25) is 0 Å². The Morgan fingerprint density at radius 3 is 2.69 bits per heavy atom. The van der Waals surface area contributed by atoms with Crippen LogP contribution in [-0.4, -0.2) is 25.4 Å². The minimum absolute atomic E-state index is 0.0148. The van der Waals surface area contributed by atoms with E-state index in [-0.39, 0.29) is 28.8 Å². The number of fused-ring (bicyclic) bond motifs is 1. The summed E-state index contributed by atoms with van der Waals surface area (Å²) in [5.74, 6) is -1.05. The van der Waals surface area contributed by atoms with E-state index < -0.39 is 11.7 Å². The fourth-order valence-corrected chi connectivity index (χ4v) is 3.61. The summed E-state index contributed by atoms with van der Waals surface area (Å²) in [5, 5.41) is 0. The Kier molecular flexibility index (Phi) is 4.02. The number of hydrogen-bond acceptors (Lipinski definition) is 4. The van der Waals surface area contributed by atoms with E-state index in [0.717, 1.165) is 32.1 Å². The van der Waals surface area contributed by atoms with Crippen molar-refractivity contribution in [2.24, 2.45) is 5.73 Å². The van der Waals surface area contributed by atoms with Gasteiger partial charge >= 0.3 is 5.69 Å². The molecule has 1 aliphatic carbocycles. The highest BCUT2D eigenvalue weighted by Crippen LogP contribution is 2.30. The number of benzene rings is 1. The Hall–Kier alpha value is -3.03. The number of carbonyl (C=O) groups excluding carboxylic acids is 1. The molecule has 2 aromatic heterocycles. The van der Waals surface area contributed by atoms with Gasteiger partial charge in [-0.05, 0) is 25.0 Å². The van der Waals surface area contributed by atoms with Crippen LogP contribution in [0.15, 0.2) is 29.1 Å². The SMILES string of the molecule is NC(=O)c1nc(-c2cccc(F)c2)nc2c1[nH]c(=O)n2C1CCCCC1. The van der Waals surface area contributed by atoms with Gasteiger partial charge in [-0.1, -0.05) is 31.4 Å². The number of nitrogens with zero attached hydrogens (tertiary/aromatic N) is 3. The first kappa shape index (κ1) is 16.4. The van der Waals surface area contributed by atoms with Crippen molar-refractivity contribution in [1.29, 1.82) is 0 Å². The molecule has 0 unspecified atom stereocenters. The Bertz CT molecular complexity index is 1050. The lowest BCUT2D eigenvalue weighted by Crippen LogP contribution is -2.24. The molecule has 7 nitrogen and oxygen atoms in total. The number of amides is 1. The third-order valence-corrected chi connectivity index (χ3v) is 4.82. The quantitative estimate of drug-likeness (QED) is 0.753. The van der Waals surface area contributed by atoms with Crippen LogP contribution in [0.5, 0.6) is 0 Å². The van der Waals surface area contributed by atoms with Crippen molar-refractivity contribution in [2.75, 3.05) is 0 Å². The van der Waals surface area contributed by atoms with Crippen molar-refractivity contribution in [2.45, 2.75) is 38.1 Å². The molecule has 1 aliphatic rings. The molecule has 134 valence electrons. The Balaban J connectivity index is 1.98. The maximum Gasteiger partial charge on any atom is 0.327 e. The van der Waals surface area contributed by atoms with Gasteiger partial charge in [-0.2, -0.15) is 0 Å². The molecule has 0 bridgehead atoms. The smallest absolute Gasteiger partial charge is 0.327 e. The van der Waals surface area contributed by atoms with E-state index in [2.05, 4.69) is 15.0 Å².